The number of halogens is 2. The molecular formula is C30H34Cl2N2O2. The van der Waals surface area contributed by atoms with E-state index in [0.717, 1.165) is 16.7 Å². The molecule has 3 rings (SSSR count). The van der Waals surface area contributed by atoms with Crippen LogP contribution in [0.4, 0.5) is 0 Å². The van der Waals surface area contributed by atoms with Crippen molar-refractivity contribution < 1.29 is 9.59 Å². The van der Waals surface area contributed by atoms with Gasteiger partial charge in [-0.2, -0.15) is 0 Å². The van der Waals surface area contributed by atoms with E-state index < -0.39 is 6.04 Å². The van der Waals surface area contributed by atoms with Gasteiger partial charge in [-0.15, -0.1) is 0 Å². The predicted octanol–water partition coefficient (Wildman–Crippen LogP) is 7.10. The minimum Gasteiger partial charge on any atom is -0.354 e. The molecule has 0 aliphatic rings. The molecule has 1 unspecified atom stereocenters. The van der Waals surface area contributed by atoms with Gasteiger partial charge in [-0.3, -0.25) is 9.59 Å². The predicted molar refractivity (Wildman–Crippen MR) is 148 cm³/mol. The molecule has 2 amide bonds. The van der Waals surface area contributed by atoms with E-state index in [-0.39, 0.29) is 30.7 Å². The van der Waals surface area contributed by atoms with E-state index in [9.17, 15) is 9.59 Å². The molecule has 1 atom stereocenters. The number of nitrogens with one attached hydrogen (secondary N) is 1. The third-order valence-corrected chi connectivity index (χ3v) is 6.93. The maximum absolute atomic E-state index is 14.0. The van der Waals surface area contributed by atoms with Crippen LogP contribution in [-0.4, -0.2) is 29.3 Å². The average molecular weight is 526 g/mol. The van der Waals surface area contributed by atoms with Gasteiger partial charge in [0.2, 0.25) is 11.8 Å². The molecule has 4 nitrogen and oxygen atoms in total. The Labute approximate surface area is 224 Å². The van der Waals surface area contributed by atoms with Crippen LogP contribution in [0.3, 0.4) is 0 Å². The molecule has 0 aliphatic heterocycles. The lowest BCUT2D eigenvalue weighted by molar-refractivity contribution is -0.141. The number of hydrogen-bond donors (Lipinski definition) is 1. The zero-order chi connectivity index (χ0) is 26.1. The molecule has 3 aromatic carbocycles. The lowest BCUT2D eigenvalue weighted by Gasteiger charge is -2.32. The highest BCUT2D eigenvalue weighted by Gasteiger charge is 2.31. The van der Waals surface area contributed by atoms with Crippen molar-refractivity contribution in [3.63, 3.8) is 0 Å². The average Bonchev–Trinajstić information content (AvgIpc) is 2.88. The second kappa shape index (κ2) is 13.5. The van der Waals surface area contributed by atoms with Crippen molar-refractivity contribution in [3.05, 3.63) is 106 Å². The van der Waals surface area contributed by atoms with Crippen LogP contribution in [0.25, 0.3) is 0 Å². The summed E-state index contributed by atoms with van der Waals surface area (Å²) in [5.41, 5.74) is 2.94. The molecule has 0 heterocycles. The van der Waals surface area contributed by atoms with Crippen LogP contribution in [0.15, 0.2) is 78.9 Å². The van der Waals surface area contributed by atoms with Crippen LogP contribution in [0.5, 0.6) is 0 Å². The first-order chi connectivity index (χ1) is 17.3. The fraction of sp³-hybridized carbons (Fsp3) is 0.333. The number of carbonyl (C=O) groups is 2. The molecule has 0 aromatic heterocycles. The highest BCUT2D eigenvalue weighted by atomic mass is 35.5. The Kier molecular flexibility index (Phi) is 10.4. The SMILES string of the molecule is CCC(C(=O)NCC(C)C)N(Cc1ccc(Cl)c(Cl)c1)C(=O)CC(c1ccccc1)c1ccccc1. The van der Waals surface area contributed by atoms with Gasteiger partial charge >= 0.3 is 0 Å². The van der Waals surface area contributed by atoms with Crippen molar-refractivity contribution in [1.29, 1.82) is 0 Å². The Morgan fingerprint density at radius 1 is 0.861 bits per heavy atom. The lowest BCUT2D eigenvalue weighted by atomic mass is 9.88. The molecule has 0 radical (unpaired) electrons. The zero-order valence-electron chi connectivity index (χ0n) is 21.1. The van der Waals surface area contributed by atoms with Gasteiger partial charge in [0.15, 0.2) is 0 Å². The number of benzene rings is 3. The summed E-state index contributed by atoms with van der Waals surface area (Å²) in [6.07, 6.45) is 0.738. The third kappa shape index (κ3) is 7.59. The van der Waals surface area contributed by atoms with Gasteiger partial charge in [-0.1, -0.05) is 111 Å². The minimum atomic E-state index is -0.599. The topological polar surface area (TPSA) is 49.4 Å². The summed E-state index contributed by atoms with van der Waals surface area (Å²) in [6.45, 7) is 6.84. The number of rotatable bonds is 11. The minimum absolute atomic E-state index is 0.0923. The monoisotopic (exact) mass is 524 g/mol. The fourth-order valence-electron chi connectivity index (χ4n) is 4.27. The van der Waals surface area contributed by atoms with Gasteiger partial charge in [0.25, 0.3) is 0 Å². The zero-order valence-corrected chi connectivity index (χ0v) is 22.6. The van der Waals surface area contributed by atoms with E-state index in [4.69, 9.17) is 23.2 Å². The van der Waals surface area contributed by atoms with Crippen LogP contribution < -0.4 is 5.32 Å². The highest BCUT2D eigenvalue weighted by Crippen LogP contribution is 2.30. The van der Waals surface area contributed by atoms with Crippen molar-refractivity contribution in [3.8, 4) is 0 Å². The Morgan fingerprint density at radius 2 is 1.44 bits per heavy atom. The van der Waals surface area contributed by atoms with Crippen LogP contribution in [-0.2, 0) is 16.1 Å². The first-order valence-electron chi connectivity index (χ1n) is 12.4. The van der Waals surface area contributed by atoms with Crippen LogP contribution >= 0.6 is 23.2 Å². The molecule has 190 valence electrons. The lowest BCUT2D eigenvalue weighted by Crippen LogP contribution is -2.49. The normalized spacial score (nSPS) is 12.0. The maximum Gasteiger partial charge on any atom is 0.242 e. The van der Waals surface area contributed by atoms with Gasteiger partial charge in [0.05, 0.1) is 10.0 Å². The molecule has 0 saturated heterocycles. The largest absolute Gasteiger partial charge is 0.354 e. The molecular weight excluding hydrogens is 491 g/mol. The van der Waals surface area contributed by atoms with Crippen molar-refractivity contribution in [2.75, 3.05) is 6.54 Å². The van der Waals surface area contributed by atoms with Crippen molar-refractivity contribution >= 4 is 35.0 Å². The van der Waals surface area contributed by atoms with E-state index in [0.29, 0.717) is 28.9 Å². The highest BCUT2D eigenvalue weighted by molar-refractivity contribution is 6.42. The summed E-state index contributed by atoms with van der Waals surface area (Å²) in [5.74, 6) is -0.0560. The third-order valence-electron chi connectivity index (χ3n) is 6.19. The van der Waals surface area contributed by atoms with Gasteiger partial charge in [0.1, 0.15) is 6.04 Å². The Hall–Kier alpha value is -2.82. The van der Waals surface area contributed by atoms with Crippen LogP contribution in [0.2, 0.25) is 10.0 Å². The smallest absolute Gasteiger partial charge is 0.242 e. The number of amides is 2. The Balaban J connectivity index is 1.95. The molecule has 0 fully saturated rings. The van der Waals surface area contributed by atoms with E-state index in [1.807, 2.05) is 87.5 Å². The van der Waals surface area contributed by atoms with Crippen LogP contribution in [0, 0.1) is 5.92 Å². The van der Waals surface area contributed by atoms with E-state index >= 15 is 0 Å². The molecule has 1 N–H and O–H groups in total. The molecule has 3 aromatic rings. The summed E-state index contributed by atoms with van der Waals surface area (Å²) in [5, 5.41) is 3.89. The van der Waals surface area contributed by atoms with E-state index in [2.05, 4.69) is 5.32 Å². The molecule has 36 heavy (non-hydrogen) atoms. The fourth-order valence-corrected chi connectivity index (χ4v) is 4.59. The van der Waals surface area contributed by atoms with Gasteiger partial charge < -0.3 is 10.2 Å². The van der Waals surface area contributed by atoms with Gasteiger partial charge in [-0.05, 0) is 41.2 Å². The molecule has 6 heteroatoms. The summed E-state index contributed by atoms with van der Waals surface area (Å²) >= 11 is 12.4. The maximum atomic E-state index is 14.0. The van der Waals surface area contributed by atoms with E-state index in [1.54, 1.807) is 17.0 Å². The summed E-state index contributed by atoms with van der Waals surface area (Å²) in [6, 6.07) is 24.8. The van der Waals surface area contributed by atoms with Crippen molar-refractivity contribution in [2.45, 2.75) is 52.1 Å². The Morgan fingerprint density at radius 3 is 1.94 bits per heavy atom. The second-order valence-electron chi connectivity index (χ2n) is 9.41. The Bertz CT molecular complexity index is 1100. The number of carbonyl (C=O) groups excluding carboxylic acids is 2. The molecule has 0 bridgehead atoms. The van der Waals surface area contributed by atoms with Gasteiger partial charge in [0, 0.05) is 25.4 Å². The van der Waals surface area contributed by atoms with E-state index in [1.165, 1.54) is 0 Å². The summed E-state index contributed by atoms with van der Waals surface area (Å²) in [4.78, 5) is 28.9. The molecule has 0 spiro atoms. The van der Waals surface area contributed by atoms with Crippen molar-refractivity contribution in [2.24, 2.45) is 5.92 Å². The van der Waals surface area contributed by atoms with Gasteiger partial charge in [-0.25, -0.2) is 0 Å². The van der Waals surface area contributed by atoms with Crippen molar-refractivity contribution in [1.82, 2.24) is 10.2 Å². The quantitative estimate of drug-likeness (QED) is 0.291. The summed E-state index contributed by atoms with van der Waals surface area (Å²) < 4.78 is 0. The number of nitrogens with zero attached hydrogens (tertiary/aromatic N) is 1. The number of hydrogen-bond acceptors (Lipinski definition) is 2. The first kappa shape index (κ1) is 27.8. The molecule has 0 aliphatic carbocycles. The second-order valence-corrected chi connectivity index (χ2v) is 10.2. The first-order valence-corrected chi connectivity index (χ1v) is 13.2. The van der Waals surface area contributed by atoms with Crippen LogP contribution in [0.1, 0.15) is 56.2 Å². The standard InChI is InChI=1S/C30H34Cl2N2O2/c1-4-28(30(36)33-19-21(2)3)34(20-22-15-16-26(31)27(32)17-22)29(35)18-25(23-11-7-5-8-12-23)24-13-9-6-10-14-24/h5-17,21,25,28H,4,18-20H2,1-3H3,(H,33,36). The summed E-state index contributed by atoms with van der Waals surface area (Å²) in [7, 11) is 0. The molecule has 0 saturated carbocycles.